The number of Topliss-reactive ketones (excluding diaryl/α,β-unsaturated/α-hetero) is 1. The molecule has 0 saturated heterocycles. The fourth-order valence-corrected chi connectivity index (χ4v) is 3.30. The van der Waals surface area contributed by atoms with Crippen LogP contribution >= 0.6 is 0 Å². The molecule has 4 rings (SSSR count). The van der Waals surface area contributed by atoms with Crippen LogP contribution in [0.2, 0.25) is 0 Å². The number of benzene rings is 3. The SMILES string of the molecule is CC(=O)c1cccc(OCC(=O)Nc2ccc(-c3nc4ccccc4n3C(F)F)cc2)c1. The molecular formula is C24H19F2N3O3. The number of alkyl halides is 2. The molecule has 0 spiro atoms. The fourth-order valence-electron chi connectivity index (χ4n) is 3.30. The van der Waals surface area contributed by atoms with E-state index in [0.29, 0.717) is 33.6 Å². The Kier molecular flexibility index (Phi) is 5.93. The molecule has 32 heavy (non-hydrogen) atoms. The van der Waals surface area contributed by atoms with Gasteiger partial charge in [0.2, 0.25) is 0 Å². The van der Waals surface area contributed by atoms with Crippen LogP contribution in [0.5, 0.6) is 5.75 Å². The van der Waals surface area contributed by atoms with Gasteiger partial charge in [0, 0.05) is 16.8 Å². The lowest BCUT2D eigenvalue weighted by atomic mass is 10.1. The number of hydrogen-bond acceptors (Lipinski definition) is 4. The highest BCUT2D eigenvalue weighted by Crippen LogP contribution is 2.30. The van der Waals surface area contributed by atoms with Crippen LogP contribution in [0.15, 0.2) is 72.8 Å². The normalized spacial score (nSPS) is 11.0. The van der Waals surface area contributed by atoms with Gasteiger partial charge in [0.05, 0.1) is 11.0 Å². The van der Waals surface area contributed by atoms with Gasteiger partial charge in [0.25, 0.3) is 5.91 Å². The summed E-state index contributed by atoms with van der Waals surface area (Å²) in [4.78, 5) is 28.0. The summed E-state index contributed by atoms with van der Waals surface area (Å²) in [5.74, 6) is 0.0630. The molecule has 0 radical (unpaired) electrons. The molecule has 1 aromatic heterocycles. The van der Waals surface area contributed by atoms with E-state index in [0.717, 1.165) is 4.57 Å². The summed E-state index contributed by atoms with van der Waals surface area (Å²) in [6.45, 7) is -1.54. The molecule has 0 unspecified atom stereocenters. The smallest absolute Gasteiger partial charge is 0.320 e. The van der Waals surface area contributed by atoms with E-state index in [1.165, 1.54) is 6.92 Å². The Morgan fingerprint density at radius 2 is 1.78 bits per heavy atom. The molecule has 6 nitrogen and oxygen atoms in total. The van der Waals surface area contributed by atoms with Crippen molar-refractivity contribution in [2.24, 2.45) is 0 Å². The second kappa shape index (κ2) is 8.97. The van der Waals surface area contributed by atoms with Gasteiger partial charge in [-0.25, -0.2) is 4.98 Å². The third kappa shape index (κ3) is 4.49. The molecule has 4 aromatic rings. The zero-order valence-corrected chi connectivity index (χ0v) is 17.1. The van der Waals surface area contributed by atoms with Crippen molar-refractivity contribution < 1.29 is 23.1 Å². The molecule has 0 saturated carbocycles. The highest BCUT2D eigenvalue weighted by Gasteiger charge is 2.18. The predicted octanol–water partition coefficient (Wildman–Crippen LogP) is 5.32. The maximum Gasteiger partial charge on any atom is 0.320 e. The number of imidazole rings is 1. The standard InChI is InChI=1S/C24H19F2N3O3/c1-15(30)17-5-4-6-19(13-17)32-14-22(31)27-18-11-9-16(10-12-18)23-28-20-7-2-3-8-21(20)29(23)24(25)26/h2-13,24H,14H2,1H3,(H,27,31). The summed E-state index contributed by atoms with van der Waals surface area (Å²) in [5.41, 5.74) is 2.30. The van der Waals surface area contributed by atoms with Gasteiger partial charge in [0.15, 0.2) is 12.4 Å². The van der Waals surface area contributed by atoms with Crippen molar-refractivity contribution in [1.29, 1.82) is 0 Å². The van der Waals surface area contributed by atoms with Crippen LogP contribution in [0.3, 0.4) is 0 Å². The van der Waals surface area contributed by atoms with Crippen molar-refractivity contribution >= 4 is 28.4 Å². The lowest BCUT2D eigenvalue weighted by Crippen LogP contribution is -2.20. The number of halogens is 2. The van der Waals surface area contributed by atoms with Crippen molar-refractivity contribution in [3.8, 4) is 17.1 Å². The average molecular weight is 435 g/mol. The minimum absolute atomic E-state index is 0.0969. The molecule has 0 fully saturated rings. The summed E-state index contributed by atoms with van der Waals surface area (Å²) in [7, 11) is 0. The van der Waals surface area contributed by atoms with Crippen LogP contribution in [0.4, 0.5) is 14.5 Å². The fraction of sp³-hybridized carbons (Fsp3) is 0.125. The Morgan fingerprint density at radius 1 is 1.03 bits per heavy atom. The maximum atomic E-state index is 13.7. The van der Waals surface area contributed by atoms with Gasteiger partial charge in [-0.15, -0.1) is 0 Å². The third-order valence-corrected chi connectivity index (χ3v) is 4.83. The summed E-state index contributed by atoms with van der Waals surface area (Å²) >= 11 is 0. The molecule has 1 amide bonds. The van der Waals surface area contributed by atoms with Crippen molar-refractivity contribution in [3.05, 3.63) is 78.4 Å². The number of para-hydroxylation sites is 2. The molecule has 0 atom stereocenters. The van der Waals surface area contributed by atoms with E-state index >= 15 is 0 Å². The number of carbonyl (C=O) groups is 2. The Hall–Kier alpha value is -4.07. The monoisotopic (exact) mass is 435 g/mol. The van der Waals surface area contributed by atoms with Crippen molar-refractivity contribution in [3.63, 3.8) is 0 Å². The van der Waals surface area contributed by atoms with Gasteiger partial charge in [-0.1, -0.05) is 24.3 Å². The lowest BCUT2D eigenvalue weighted by Gasteiger charge is -2.10. The maximum absolute atomic E-state index is 13.7. The first-order valence-corrected chi connectivity index (χ1v) is 9.81. The van der Waals surface area contributed by atoms with Crippen molar-refractivity contribution in [2.45, 2.75) is 13.5 Å². The Labute approximate surface area is 182 Å². The van der Waals surface area contributed by atoms with Gasteiger partial charge in [-0.05, 0) is 55.5 Å². The second-order valence-electron chi connectivity index (χ2n) is 7.07. The number of carbonyl (C=O) groups excluding carboxylic acids is 2. The van der Waals surface area contributed by atoms with Crippen molar-refractivity contribution in [2.75, 3.05) is 11.9 Å². The Balaban J connectivity index is 1.45. The van der Waals surface area contributed by atoms with E-state index in [9.17, 15) is 18.4 Å². The minimum atomic E-state index is -2.74. The lowest BCUT2D eigenvalue weighted by molar-refractivity contribution is -0.118. The topological polar surface area (TPSA) is 73.2 Å². The molecule has 1 N–H and O–H groups in total. The van der Waals surface area contributed by atoms with E-state index in [4.69, 9.17) is 4.74 Å². The Morgan fingerprint density at radius 3 is 2.50 bits per heavy atom. The van der Waals surface area contributed by atoms with Crippen molar-refractivity contribution in [1.82, 2.24) is 9.55 Å². The van der Waals surface area contributed by atoms with Crippen LogP contribution in [0.1, 0.15) is 23.8 Å². The summed E-state index contributed by atoms with van der Waals surface area (Å²) < 4.78 is 33.6. The molecule has 8 heteroatoms. The third-order valence-electron chi connectivity index (χ3n) is 4.83. The Bertz CT molecular complexity index is 1280. The summed E-state index contributed by atoms with van der Waals surface area (Å²) in [6.07, 6.45) is 0. The number of ether oxygens (including phenoxy) is 1. The van der Waals surface area contributed by atoms with Gasteiger partial charge in [-0.2, -0.15) is 8.78 Å². The van der Waals surface area contributed by atoms with Crippen LogP contribution in [-0.4, -0.2) is 27.8 Å². The second-order valence-corrected chi connectivity index (χ2v) is 7.07. The molecular weight excluding hydrogens is 416 g/mol. The van der Waals surface area contributed by atoms with E-state index in [-0.39, 0.29) is 18.2 Å². The zero-order chi connectivity index (χ0) is 22.7. The van der Waals surface area contributed by atoms with Gasteiger partial charge >= 0.3 is 6.55 Å². The summed E-state index contributed by atoms with van der Waals surface area (Å²) in [5, 5.41) is 2.69. The number of rotatable bonds is 7. The zero-order valence-electron chi connectivity index (χ0n) is 17.1. The van der Waals surface area contributed by atoms with Gasteiger partial charge in [-0.3, -0.25) is 14.2 Å². The minimum Gasteiger partial charge on any atom is -0.484 e. The molecule has 0 aliphatic carbocycles. The number of nitrogens with zero attached hydrogens (tertiary/aromatic N) is 2. The van der Waals surface area contributed by atoms with Gasteiger partial charge < -0.3 is 10.1 Å². The summed E-state index contributed by atoms with van der Waals surface area (Å²) in [6, 6.07) is 19.7. The quantitative estimate of drug-likeness (QED) is 0.399. The number of ketones is 1. The van der Waals surface area contributed by atoms with Crippen LogP contribution in [0.25, 0.3) is 22.4 Å². The van der Waals surface area contributed by atoms with E-state index < -0.39 is 12.5 Å². The number of fused-ring (bicyclic) bond motifs is 1. The molecule has 0 aliphatic heterocycles. The molecule has 0 aliphatic rings. The van der Waals surface area contributed by atoms with E-state index in [2.05, 4.69) is 10.3 Å². The predicted molar refractivity (Wildman–Crippen MR) is 117 cm³/mol. The highest BCUT2D eigenvalue weighted by molar-refractivity contribution is 5.94. The average Bonchev–Trinajstić information content (AvgIpc) is 3.18. The van der Waals surface area contributed by atoms with Crippen LogP contribution < -0.4 is 10.1 Å². The number of amides is 1. The number of aromatic nitrogens is 2. The van der Waals surface area contributed by atoms with Crippen LogP contribution in [-0.2, 0) is 4.79 Å². The largest absolute Gasteiger partial charge is 0.484 e. The first kappa shape index (κ1) is 21.2. The van der Waals surface area contributed by atoms with Crippen LogP contribution in [0, 0.1) is 0 Å². The molecule has 1 heterocycles. The highest BCUT2D eigenvalue weighted by atomic mass is 19.3. The van der Waals surface area contributed by atoms with Gasteiger partial charge in [0.1, 0.15) is 11.6 Å². The van der Waals surface area contributed by atoms with E-state index in [1.807, 2.05) is 0 Å². The number of nitrogens with one attached hydrogen (secondary N) is 1. The molecule has 0 bridgehead atoms. The number of hydrogen-bond donors (Lipinski definition) is 1. The number of anilines is 1. The first-order chi connectivity index (χ1) is 15.4. The molecule has 3 aromatic carbocycles. The first-order valence-electron chi connectivity index (χ1n) is 9.81. The molecule has 162 valence electrons. The van der Waals surface area contributed by atoms with E-state index in [1.54, 1.807) is 72.8 Å².